The zero-order valence-electron chi connectivity index (χ0n) is 19.0. The van der Waals surface area contributed by atoms with Crippen LogP contribution in [0.4, 0.5) is 4.79 Å². The van der Waals surface area contributed by atoms with Crippen LogP contribution in [0.3, 0.4) is 0 Å². The second kappa shape index (κ2) is 12.0. The number of ether oxygens (including phenoxy) is 1. The summed E-state index contributed by atoms with van der Waals surface area (Å²) in [5.41, 5.74) is 4.05. The Morgan fingerprint density at radius 2 is 2.03 bits per heavy atom. The average Bonchev–Trinajstić information content (AvgIpc) is 3.39. The van der Waals surface area contributed by atoms with Crippen molar-refractivity contribution in [1.29, 1.82) is 0 Å². The zero-order valence-corrected chi connectivity index (χ0v) is 21.2. The molecule has 0 saturated carbocycles. The Bertz CT molecular complexity index is 1020. The molecule has 0 unspecified atom stereocenters. The van der Waals surface area contributed by atoms with Crippen LogP contribution in [0.15, 0.2) is 43.3 Å². The van der Waals surface area contributed by atoms with Crippen LogP contribution in [0.2, 0.25) is 0 Å². The third-order valence-electron chi connectivity index (χ3n) is 5.26. The van der Waals surface area contributed by atoms with Gasteiger partial charge in [-0.15, -0.1) is 0 Å². The number of rotatable bonds is 12. The summed E-state index contributed by atoms with van der Waals surface area (Å²) in [5.74, 6) is -0.337. The molecule has 0 spiro atoms. The Morgan fingerprint density at radius 3 is 2.71 bits per heavy atom. The number of imidazole rings is 1. The number of carbonyl (C=O) groups is 3. The average molecular weight is 581 g/mol. The molecule has 10 nitrogen and oxygen atoms in total. The second-order valence-electron chi connectivity index (χ2n) is 8.04. The van der Waals surface area contributed by atoms with Crippen molar-refractivity contribution in [3.05, 3.63) is 52.7 Å². The first-order valence-electron chi connectivity index (χ1n) is 10.9. The normalized spacial score (nSPS) is 16.5. The number of nitrogens with zero attached hydrogens (tertiary/aromatic N) is 2. The van der Waals surface area contributed by atoms with Gasteiger partial charge in [0.25, 0.3) is 5.91 Å². The Balaban J connectivity index is 1.64. The highest BCUT2D eigenvalue weighted by molar-refractivity contribution is 14.1. The largest absolute Gasteiger partial charge is 0.499 e. The van der Waals surface area contributed by atoms with Crippen molar-refractivity contribution in [2.45, 2.75) is 38.8 Å². The molecule has 1 aliphatic rings. The van der Waals surface area contributed by atoms with Gasteiger partial charge in [0.2, 0.25) is 5.91 Å². The van der Waals surface area contributed by atoms with Gasteiger partial charge in [-0.1, -0.05) is 32.6 Å². The molecule has 3 N–H and O–H groups in total. The highest BCUT2D eigenvalue weighted by atomic mass is 127. The van der Waals surface area contributed by atoms with E-state index in [1.165, 1.54) is 11.2 Å². The van der Waals surface area contributed by atoms with Crippen LogP contribution in [0.5, 0.6) is 0 Å². The summed E-state index contributed by atoms with van der Waals surface area (Å²) in [6.45, 7) is 7.67. The minimum absolute atomic E-state index is 0.0108. The Morgan fingerprint density at radius 1 is 1.29 bits per heavy atom. The number of hydrogen-bond donors (Lipinski definition) is 3. The van der Waals surface area contributed by atoms with Gasteiger partial charge in [-0.05, 0) is 52.6 Å². The number of aromatic amines is 1. The van der Waals surface area contributed by atoms with Crippen LogP contribution in [0.1, 0.15) is 38.6 Å². The van der Waals surface area contributed by atoms with Crippen molar-refractivity contribution >= 4 is 40.4 Å². The van der Waals surface area contributed by atoms with E-state index in [-0.39, 0.29) is 37.9 Å². The number of aromatic nitrogens is 2. The first-order valence-corrected chi connectivity index (χ1v) is 12.0. The van der Waals surface area contributed by atoms with Gasteiger partial charge in [-0.25, -0.2) is 15.3 Å². The maximum Gasteiger partial charge on any atom is 0.325 e. The smallest absolute Gasteiger partial charge is 0.325 e. The lowest BCUT2D eigenvalue weighted by Gasteiger charge is -2.27. The number of amides is 4. The summed E-state index contributed by atoms with van der Waals surface area (Å²) in [5, 5.41) is 2.69. The molecular formula is C23H28IN5O5. The van der Waals surface area contributed by atoms with E-state index < -0.39 is 24.0 Å². The summed E-state index contributed by atoms with van der Waals surface area (Å²) in [6.07, 6.45) is 3.14. The van der Waals surface area contributed by atoms with Gasteiger partial charge in [0.1, 0.15) is 31.1 Å². The predicted octanol–water partition coefficient (Wildman–Crippen LogP) is 3.29. The number of hydroxylamine groups is 1. The topological polar surface area (TPSA) is 126 Å². The third kappa shape index (κ3) is 6.35. The van der Waals surface area contributed by atoms with Crippen molar-refractivity contribution in [1.82, 2.24) is 25.7 Å². The maximum absolute atomic E-state index is 13.1. The van der Waals surface area contributed by atoms with Gasteiger partial charge in [-0.2, -0.15) is 0 Å². The summed E-state index contributed by atoms with van der Waals surface area (Å²) in [6, 6.07) is 6.08. The van der Waals surface area contributed by atoms with Gasteiger partial charge in [0.05, 0.1) is 18.2 Å². The van der Waals surface area contributed by atoms with Gasteiger partial charge in [0, 0.05) is 9.99 Å². The first-order chi connectivity index (χ1) is 16.3. The minimum atomic E-state index is -0.797. The van der Waals surface area contributed by atoms with E-state index in [1.807, 2.05) is 38.1 Å². The molecule has 34 heavy (non-hydrogen) atoms. The maximum atomic E-state index is 13.1. The molecule has 0 aliphatic carbocycles. The van der Waals surface area contributed by atoms with Crippen molar-refractivity contribution in [3.63, 3.8) is 0 Å². The fourth-order valence-electron chi connectivity index (χ4n) is 3.64. The molecule has 2 aromatic rings. The number of H-pyrrole nitrogens is 1. The SMILES string of the molecule is C=COCCONC(=O)CC[C@H]1NC(=O)N([C@H](c2ncc(-c3ccc(I)cc3)[nH]2)C(C)C)C1=O. The molecule has 0 bridgehead atoms. The number of imide groups is 1. The number of halogens is 1. The number of urea groups is 1. The van der Waals surface area contributed by atoms with Gasteiger partial charge in [0.15, 0.2) is 0 Å². The molecule has 2 atom stereocenters. The number of nitrogens with one attached hydrogen (secondary N) is 3. The van der Waals surface area contributed by atoms with E-state index in [0.29, 0.717) is 5.82 Å². The number of benzene rings is 1. The predicted molar refractivity (Wildman–Crippen MR) is 133 cm³/mol. The first kappa shape index (κ1) is 25.7. The quantitative estimate of drug-likeness (QED) is 0.116. The van der Waals surface area contributed by atoms with Gasteiger partial charge < -0.3 is 15.0 Å². The molecule has 2 heterocycles. The van der Waals surface area contributed by atoms with E-state index in [2.05, 4.69) is 49.9 Å². The molecule has 4 amide bonds. The number of hydrogen-bond acceptors (Lipinski definition) is 6. The lowest BCUT2D eigenvalue weighted by Crippen LogP contribution is -2.38. The molecule has 11 heteroatoms. The van der Waals surface area contributed by atoms with E-state index in [4.69, 9.17) is 9.57 Å². The standard InChI is InChI=1S/C23H28IN5O5/c1-4-33-11-12-34-28-19(30)10-9-17-22(31)29(23(32)27-17)20(14(2)3)21-25-13-18(26-21)15-5-7-16(24)8-6-15/h4-8,13-14,17,20H,1,9-12H2,2-3H3,(H,25,26)(H,27,32)(H,28,30)/t17-,20+/m1/s1. The Kier molecular flexibility index (Phi) is 9.05. The van der Waals surface area contributed by atoms with Crippen LogP contribution >= 0.6 is 22.6 Å². The Labute approximate surface area is 211 Å². The van der Waals surface area contributed by atoms with Crippen LogP contribution in [0.25, 0.3) is 11.3 Å². The van der Waals surface area contributed by atoms with Crippen molar-refractivity contribution in [3.8, 4) is 11.3 Å². The van der Waals surface area contributed by atoms with E-state index in [0.717, 1.165) is 14.8 Å². The monoisotopic (exact) mass is 581 g/mol. The number of carbonyl (C=O) groups excluding carboxylic acids is 3. The van der Waals surface area contributed by atoms with Gasteiger partial charge in [-0.3, -0.25) is 19.3 Å². The third-order valence-corrected chi connectivity index (χ3v) is 5.98. The molecule has 1 aromatic carbocycles. The van der Waals surface area contributed by atoms with Crippen molar-refractivity contribution in [2.24, 2.45) is 5.92 Å². The summed E-state index contributed by atoms with van der Waals surface area (Å²) in [4.78, 5) is 51.8. The fraction of sp³-hybridized carbons (Fsp3) is 0.391. The van der Waals surface area contributed by atoms with Crippen molar-refractivity contribution in [2.75, 3.05) is 13.2 Å². The fourth-order valence-corrected chi connectivity index (χ4v) is 4.00. The molecule has 1 aromatic heterocycles. The van der Waals surface area contributed by atoms with Crippen LogP contribution in [-0.4, -0.2) is 52.0 Å². The second-order valence-corrected chi connectivity index (χ2v) is 9.28. The molecule has 3 rings (SSSR count). The van der Waals surface area contributed by atoms with E-state index in [1.54, 1.807) is 6.20 Å². The molecule has 1 saturated heterocycles. The van der Waals surface area contributed by atoms with E-state index in [9.17, 15) is 14.4 Å². The molecule has 1 aliphatic heterocycles. The summed E-state index contributed by atoms with van der Waals surface area (Å²) in [7, 11) is 0. The minimum Gasteiger partial charge on any atom is -0.499 e. The molecule has 182 valence electrons. The molecule has 1 fully saturated rings. The molecule has 0 radical (unpaired) electrons. The Hall–Kier alpha value is -2.93. The van der Waals surface area contributed by atoms with Gasteiger partial charge >= 0.3 is 6.03 Å². The van der Waals surface area contributed by atoms with Crippen LogP contribution in [0, 0.1) is 9.49 Å². The molecular weight excluding hydrogens is 553 g/mol. The summed E-state index contributed by atoms with van der Waals surface area (Å²) >= 11 is 2.24. The van der Waals surface area contributed by atoms with Crippen LogP contribution in [-0.2, 0) is 19.2 Å². The summed E-state index contributed by atoms with van der Waals surface area (Å²) < 4.78 is 6.00. The zero-order chi connectivity index (χ0) is 24.7. The van der Waals surface area contributed by atoms with Crippen LogP contribution < -0.4 is 10.8 Å². The highest BCUT2D eigenvalue weighted by Crippen LogP contribution is 2.32. The lowest BCUT2D eigenvalue weighted by molar-refractivity contribution is -0.135. The van der Waals surface area contributed by atoms with E-state index >= 15 is 0 Å². The highest BCUT2D eigenvalue weighted by Gasteiger charge is 2.44. The lowest BCUT2D eigenvalue weighted by atomic mass is 10.0. The van der Waals surface area contributed by atoms with Crippen molar-refractivity contribution < 1.29 is 24.0 Å².